The van der Waals surface area contributed by atoms with Crippen LogP contribution >= 0.6 is 0 Å². The summed E-state index contributed by atoms with van der Waals surface area (Å²) in [5.74, 6) is 0.499. The number of aromatic nitrogens is 2. The fourth-order valence-electron chi connectivity index (χ4n) is 1.81. The first-order valence-electron chi connectivity index (χ1n) is 5.03. The van der Waals surface area contributed by atoms with Crippen molar-refractivity contribution in [1.29, 1.82) is 0 Å². The SMILES string of the molecule is Cc1coc2ccc(-c3cc(N)n[nH]3)cc12. The summed E-state index contributed by atoms with van der Waals surface area (Å²) in [6, 6.07) is 7.82. The Morgan fingerprint density at radius 1 is 1.31 bits per heavy atom. The summed E-state index contributed by atoms with van der Waals surface area (Å²) in [6.07, 6.45) is 1.76. The van der Waals surface area contributed by atoms with E-state index in [1.807, 2.05) is 25.1 Å². The van der Waals surface area contributed by atoms with E-state index in [2.05, 4.69) is 16.3 Å². The van der Waals surface area contributed by atoms with Gasteiger partial charge in [-0.05, 0) is 30.7 Å². The average Bonchev–Trinajstić information content (AvgIpc) is 2.86. The molecule has 0 saturated heterocycles. The van der Waals surface area contributed by atoms with Gasteiger partial charge in [-0.15, -0.1) is 0 Å². The van der Waals surface area contributed by atoms with Crippen molar-refractivity contribution in [1.82, 2.24) is 10.2 Å². The van der Waals surface area contributed by atoms with E-state index in [0.717, 1.165) is 27.8 Å². The highest BCUT2D eigenvalue weighted by molar-refractivity contribution is 5.85. The molecule has 0 saturated carbocycles. The highest BCUT2D eigenvalue weighted by atomic mass is 16.3. The highest BCUT2D eigenvalue weighted by Crippen LogP contribution is 2.26. The van der Waals surface area contributed by atoms with Crippen LogP contribution in [0.5, 0.6) is 0 Å². The van der Waals surface area contributed by atoms with E-state index >= 15 is 0 Å². The first kappa shape index (κ1) is 9.03. The number of benzene rings is 1. The lowest BCUT2D eigenvalue weighted by Crippen LogP contribution is -1.81. The Bertz CT molecular complexity index is 651. The second-order valence-corrected chi connectivity index (χ2v) is 3.84. The van der Waals surface area contributed by atoms with Crippen LogP contribution in [0.25, 0.3) is 22.2 Å². The number of rotatable bonds is 1. The molecule has 4 nitrogen and oxygen atoms in total. The number of fused-ring (bicyclic) bond motifs is 1. The maximum atomic E-state index is 5.58. The molecule has 4 heteroatoms. The number of hydrogen-bond donors (Lipinski definition) is 2. The van der Waals surface area contributed by atoms with Crippen molar-refractivity contribution in [3.8, 4) is 11.3 Å². The van der Waals surface area contributed by atoms with Gasteiger partial charge < -0.3 is 10.2 Å². The fourth-order valence-corrected chi connectivity index (χ4v) is 1.81. The number of nitrogens with zero attached hydrogens (tertiary/aromatic N) is 1. The van der Waals surface area contributed by atoms with Crippen LogP contribution in [0.4, 0.5) is 5.82 Å². The molecule has 3 N–H and O–H groups in total. The molecule has 0 bridgehead atoms. The third-order valence-corrected chi connectivity index (χ3v) is 2.68. The summed E-state index contributed by atoms with van der Waals surface area (Å²) in [5, 5.41) is 7.92. The van der Waals surface area contributed by atoms with E-state index in [1.54, 1.807) is 6.26 Å². The zero-order valence-corrected chi connectivity index (χ0v) is 8.82. The maximum Gasteiger partial charge on any atom is 0.145 e. The molecule has 0 unspecified atom stereocenters. The van der Waals surface area contributed by atoms with Gasteiger partial charge in [0.1, 0.15) is 11.4 Å². The van der Waals surface area contributed by atoms with E-state index < -0.39 is 0 Å². The van der Waals surface area contributed by atoms with Gasteiger partial charge in [-0.2, -0.15) is 5.10 Å². The van der Waals surface area contributed by atoms with Gasteiger partial charge in [-0.3, -0.25) is 5.10 Å². The van der Waals surface area contributed by atoms with Crippen LogP contribution in [0.1, 0.15) is 5.56 Å². The number of nitrogens with two attached hydrogens (primary N) is 1. The molecule has 0 aliphatic carbocycles. The van der Waals surface area contributed by atoms with Crippen molar-refractivity contribution in [2.75, 3.05) is 5.73 Å². The van der Waals surface area contributed by atoms with Gasteiger partial charge in [0.2, 0.25) is 0 Å². The molecule has 0 atom stereocenters. The minimum absolute atomic E-state index is 0.499. The first-order chi connectivity index (χ1) is 7.74. The zero-order chi connectivity index (χ0) is 11.1. The predicted molar refractivity (Wildman–Crippen MR) is 62.9 cm³/mol. The third-order valence-electron chi connectivity index (χ3n) is 2.68. The molecule has 80 valence electrons. The van der Waals surface area contributed by atoms with Crippen molar-refractivity contribution in [2.24, 2.45) is 0 Å². The van der Waals surface area contributed by atoms with Crippen LogP contribution < -0.4 is 5.73 Å². The van der Waals surface area contributed by atoms with Crippen molar-refractivity contribution >= 4 is 16.8 Å². The molecule has 2 heterocycles. The average molecular weight is 213 g/mol. The summed E-state index contributed by atoms with van der Waals surface area (Å²) >= 11 is 0. The number of furan rings is 1. The van der Waals surface area contributed by atoms with Crippen LogP contribution in [0.3, 0.4) is 0 Å². The first-order valence-corrected chi connectivity index (χ1v) is 5.03. The Labute approximate surface area is 92.1 Å². The number of aromatic amines is 1. The number of hydrogen-bond acceptors (Lipinski definition) is 3. The van der Waals surface area contributed by atoms with E-state index in [1.165, 1.54) is 0 Å². The lowest BCUT2D eigenvalue weighted by Gasteiger charge is -1.97. The summed E-state index contributed by atoms with van der Waals surface area (Å²) in [7, 11) is 0. The quantitative estimate of drug-likeness (QED) is 0.653. The Morgan fingerprint density at radius 3 is 2.94 bits per heavy atom. The lowest BCUT2D eigenvalue weighted by molar-refractivity contribution is 0.613. The number of H-pyrrole nitrogens is 1. The molecule has 0 radical (unpaired) electrons. The fraction of sp³-hybridized carbons (Fsp3) is 0.0833. The molecule has 1 aromatic carbocycles. The zero-order valence-electron chi connectivity index (χ0n) is 8.82. The maximum absolute atomic E-state index is 5.58. The number of aryl methyl sites for hydroxylation is 1. The lowest BCUT2D eigenvalue weighted by atomic mass is 10.1. The molecular formula is C12H11N3O. The smallest absolute Gasteiger partial charge is 0.145 e. The van der Waals surface area contributed by atoms with Gasteiger partial charge >= 0.3 is 0 Å². The number of anilines is 1. The predicted octanol–water partition coefficient (Wildman–Crippen LogP) is 2.71. The molecular weight excluding hydrogens is 202 g/mol. The van der Waals surface area contributed by atoms with Gasteiger partial charge in [-0.1, -0.05) is 0 Å². The second-order valence-electron chi connectivity index (χ2n) is 3.84. The Kier molecular flexibility index (Phi) is 1.77. The molecule has 0 aliphatic heterocycles. The van der Waals surface area contributed by atoms with E-state index in [0.29, 0.717) is 5.82 Å². The third kappa shape index (κ3) is 1.27. The van der Waals surface area contributed by atoms with E-state index in [9.17, 15) is 0 Å². The van der Waals surface area contributed by atoms with Crippen molar-refractivity contribution in [2.45, 2.75) is 6.92 Å². The van der Waals surface area contributed by atoms with Gasteiger partial charge in [0, 0.05) is 17.0 Å². The summed E-state index contributed by atoms with van der Waals surface area (Å²) < 4.78 is 5.39. The topological polar surface area (TPSA) is 67.8 Å². The Balaban J connectivity index is 2.21. The largest absolute Gasteiger partial charge is 0.464 e. The van der Waals surface area contributed by atoms with Crippen LogP contribution in [0.15, 0.2) is 34.9 Å². The van der Waals surface area contributed by atoms with Gasteiger partial charge in [0.05, 0.1) is 12.0 Å². The van der Waals surface area contributed by atoms with Gasteiger partial charge in [0.25, 0.3) is 0 Å². The molecule has 3 rings (SSSR count). The second kappa shape index (κ2) is 3.13. The van der Waals surface area contributed by atoms with Crippen molar-refractivity contribution in [3.63, 3.8) is 0 Å². The van der Waals surface area contributed by atoms with Crippen LogP contribution in [0, 0.1) is 6.92 Å². The van der Waals surface area contributed by atoms with Gasteiger partial charge in [0.15, 0.2) is 0 Å². The molecule has 0 spiro atoms. The van der Waals surface area contributed by atoms with Gasteiger partial charge in [-0.25, -0.2) is 0 Å². The number of nitrogen functional groups attached to an aromatic ring is 1. The van der Waals surface area contributed by atoms with E-state index in [4.69, 9.17) is 10.2 Å². The Morgan fingerprint density at radius 2 is 2.19 bits per heavy atom. The molecule has 0 fully saturated rings. The minimum atomic E-state index is 0.499. The summed E-state index contributed by atoms with van der Waals surface area (Å²) in [6.45, 7) is 2.02. The normalized spacial score (nSPS) is 11.1. The monoisotopic (exact) mass is 213 g/mol. The molecule has 3 aromatic rings. The van der Waals surface area contributed by atoms with Crippen LogP contribution in [-0.4, -0.2) is 10.2 Å². The van der Waals surface area contributed by atoms with Crippen LogP contribution in [-0.2, 0) is 0 Å². The summed E-state index contributed by atoms with van der Waals surface area (Å²) in [5.41, 5.74) is 9.58. The molecule has 16 heavy (non-hydrogen) atoms. The standard InChI is InChI=1S/C12H11N3O/c1-7-6-16-11-3-2-8(4-9(7)11)10-5-12(13)15-14-10/h2-6H,1H3,(H3,13,14,15). The van der Waals surface area contributed by atoms with Crippen molar-refractivity contribution < 1.29 is 4.42 Å². The molecule has 0 aliphatic rings. The highest BCUT2D eigenvalue weighted by Gasteiger charge is 2.06. The van der Waals surface area contributed by atoms with Crippen molar-refractivity contribution in [3.05, 3.63) is 36.1 Å². The molecule has 0 amide bonds. The van der Waals surface area contributed by atoms with E-state index in [-0.39, 0.29) is 0 Å². The Hall–Kier alpha value is -2.23. The minimum Gasteiger partial charge on any atom is -0.464 e. The summed E-state index contributed by atoms with van der Waals surface area (Å²) in [4.78, 5) is 0. The molecule has 2 aromatic heterocycles. The number of nitrogens with one attached hydrogen (secondary N) is 1. The van der Waals surface area contributed by atoms with Crippen LogP contribution in [0.2, 0.25) is 0 Å².